The Hall–Kier alpha value is -1.90. The van der Waals surface area contributed by atoms with E-state index < -0.39 is 0 Å². The lowest BCUT2D eigenvalue weighted by Crippen LogP contribution is -2.43. The zero-order valence-electron chi connectivity index (χ0n) is 14.7. The average molecular weight is 452 g/mol. The lowest BCUT2D eigenvalue weighted by Gasteiger charge is -2.29. The van der Waals surface area contributed by atoms with E-state index in [0.717, 1.165) is 37.8 Å². The van der Waals surface area contributed by atoms with Crippen molar-refractivity contribution in [3.63, 3.8) is 0 Å². The quantitative estimate of drug-likeness (QED) is 0.441. The molecule has 0 bridgehead atoms. The maximum absolute atomic E-state index is 4.72. The summed E-state index contributed by atoms with van der Waals surface area (Å²) in [4.78, 5) is 11.2. The largest absolute Gasteiger partial charge is 0.356 e. The SMILES string of the molecule is CCNC(=NCc1ncnn1C)N1CC=C(c2ccccc2)CC1.I. The van der Waals surface area contributed by atoms with Crippen molar-refractivity contribution in [2.24, 2.45) is 12.0 Å². The van der Waals surface area contributed by atoms with E-state index in [1.165, 1.54) is 11.1 Å². The number of nitrogens with zero attached hydrogens (tertiary/aromatic N) is 5. The van der Waals surface area contributed by atoms with Gasteiger partial charge in [-0.3, -0.25) is 4.68 Å². The van der Waals surface area contributed by atoms with Gasteiger partial charge in [-0.15, -0.1) is 24.0 Å². The van der Waals surface area contributed by atoms with Crippen LogP contribution >= 0.6 is 24.0 Å². The molecule has 1 aromatic heterocycles. The number of aliphatic imine (C=N–C) groups is 1. The minimum absolute atomic E-state index is 0. The summed E-state index contributed by atoms with van der Waals surface area (Å²) in [5.41, 5.74) is 2.73. The van der Waals surface area contributed by atoms with E-state index in [1.807, 2.05) is 7.05 Å². The van der Waals surface area contributed by atoms with Crippen molar-refractivity contribution in [1.29, 1.82) is 0 Å². The van der Waals surface area contributed by atoms with Crippen LogP contribution in [0.15, 0.2) is 47.7 Å². The Morgan fingerprint density at radius 2 is 2.08 bits per heavy atom. The number of benzene rings is 1. The molecule has 2 heterocycles. The molecule has 1 N–H and O–H groups in total. The van der Waals surface area contributed by atoms with E-state index in [0.29, 0.717) is 6.54 Å². The van der Waals surface area contributed by atoms with E-state index in [-0.39, 0.29) is 24.0 Å². The number of hydrogen-bond donors (Lipinski definition) is 1. The molecule has 0 spiro atoms. The first-order chi connectivity index (χ1) is 11.8. The van der Waals surface area contributed by atoms with Crippen molar-refractivity contribution in [3.05, 3.63) is 54.1 Å². The van der Waals surface area contributed by atoms with Crippen LogP contribution in [0.25, 0.3) is 5.57 Å². The van der Waals surface area contributed by atoms with Gasteiger partial charge in [0.25, 0.3) is 0 Å². The topological polar surface area (TPSA) is 58.3 Å². The number of halogens is 1. The molecule has 1 aliphatic heterocycles. The highest BCUT2D eigenvalue weighted by atomic mass is 127. The van der Waals surface area contributed by atoms with Crippen molar-refractivity contribution >= 4 is 35.5 Å². The van der Waals surface area contributed by atoms with Crippen molar-refractivity contribution < 1.29 is 0 Å². The maximum atomic E-state index is 4.72. The third-order valence-corrected chi connectivity index (χ3v) is 4.16. The number of aryl methyl sites for hydroxylation is 1. The minimum Gasteiger partial charge on any atom is -0.356 e. The normalized spacial score (nSPS) is 14.7. The Balaban J connectivity index is 0.00000225. The molecule has 0 unspecified atom stereocenters. The Bertz CT molecular complexity index is 722. The number of rotatable bonds is 4. The molecule has 1 aliphatic rings. The molecule has 0 fully saturated rings. The predicted octanol–water partition coefficient (Wildman–Crippen LogP) is 2.69. The van der Waals surface area contributed by atoms with E-state index in [2.05, 4.69) is 63.6 Å². The van der Waals surface area contributed by atoms with E-state index >= 15 is 0 Å². The van der Waals surface area contributed by atoms with Gasteiger partial charge in [0.05, 0.1) is 0 Å². The van der Waals surface area contributed by atoms with Crippen LogP contribution in [-0.2, 0) is 13.6 Å². The first-order valence-electron chi connectivity index (χ1n) is 8.38. The summed E-state index contributed by atoms with van der Waals surface area (Å²) >= 11 is 0. The molecule has 2 aromatic rings. The fraction of sp³-hybridized carbons (Fsp3) is 0.389. The van der Waals surface area contributed by atoms with Crippen LogP contribution in [0.3, 0.4) is 0 Å². The van der Waals surface area contributed by atoms with Crippen LogP contribution in [0, 0.1) is 0 Å². The van der Waals surface area contributed by atoms with Crippen molar-refractivity contribution in [3.8, 4) is 0 Å². The van der Waals surface area contributed by atoms with E-state index in [1.54, 1.807) is 11.0 Å². The lowest BCUT2D eigenvalue weighted by atomic mass is 10.00. The van der Waals surface area contributed by atoms with Gasteiger partial charge in [0.2, 0.25) is 0 Å². The molecule has 0 aliphatic carbocycles. The second-order valence-corrected chi connectivity index (χ2v) is 5.76. The highest BCUT2D eigenvalue weighted by Crippen LogP contribution is 2.22. The molecule has 7 heteroatoms. The van der Waals surface area contributed by atoms with Gasteiger partial charge in [-0.1, -0.05) is 36.4 Å². The van der Waals surface area contributed by atoms with Gasteiger partial charge in [-0.2, -0.15) is 5.10 Å². The number of nitrogens with one attached hydrogen (secondary N) is 1. The summed E-state index contributed by atoms with van der Waals surface area (Å²) in [5.74, 6) is 1.80. The number of aromatic nitrogens is 3. The zero-order valence-corrected chi connectivity index (χ0v) is 17.1. The third-order valence-electron chi connectivity index (χ3n) is 4.16. The fourth-order valence-corrected chi connectivity index (χ4v) is 2.81. The molecule has 3 rings (SSSR count). The molecule has 25 heavy (non-hydrogen) atoms. The Labute approximate surface area is 166 Å². The molecular formula is C18H25IN6. The number of guanidine groups is 1. The molecule has 0 atom stereocenters. The highest BCUT2D eigenvalue weighted by Gasteiger charge is 2.16. The summed E-state index contributed by atoms with van der Waals surface area (Å²) in [6.45, 7) is 5.31. The summed E-state index contributed by atoms with van der Waals surface area (Å²) in [6, 6.07) is 10.6. The summed E-state index contributed by atoms with van der Waals surface area (Å²) in [6.07, 6.45) is 4.89. The molecule has 0 saturated heterocycles. The van der Waals surface area contributed by atoms with Gasteiger partial charge in [0.15, 0.2) is 5.96 Å². The summed E-state index contributed by atoms with van der Waals surface area (Å²) < 4.78 is 1.76. The second kappa shape index (κ2) is 9.55. The third kappa shape index (κ3) is 5.04. The summed E-state index contributed by atoms with van der Waals surface area (Å²) in [5, 5.41) is 7.47. The van der Waals surface area contributed by atoms with Crippen LogP contribution in [0.2, 0.25) is 0 Å². The van der Waals surface area contributed by atoms with Crippen molar-refractivity contribution in [2.45, 2.75) is 19.9 Å². The van der Waals surface area contributed by atoms with Crippen molar-refractivity contribution in [1.82, 2.24) is 25.0 Å². The highest BCUT2D eigenvalue weighted by molar-refractivity contribution is 14.0. The van der Waals surface area contributed by atoms with Gasteiger partial charge in [-0.25, -0.2) is 9.98 Å². The van der Waals surface area contributed by atoms with Gasteiger partial charge < -0.3 is 10.2 Å². The molecule has 0 saturated carbocycles. The Morgan fingerprint density at radius 1 is 1.28 bits per heavy atom. The first kappa shape index (κ1) is 19.4. The van der Waals surface area contributed by atoms with Gasteiger partial charge >= 0.3 is 0 Å². The van der Waals surface area contributed by atoms with Crippen LogP contribution < -0.4 is 5.32 Å². The predicted molar refractivity (Wildman–Crippen MR) is 112 cm³/mol. The van der Waals surface area contributed by atoms with E-state index in [4.69, 9.17) is 4.99 Å². The van der Waals surface area contributed by atoms with Gasteiger partial charge in [-0.05, 0) is 24.5 Å². The van der Waals surface area contributed by atoms with Crippen molar-refractivity contribution in [2.75, 3.05) is 19.6 Å². The summed E-state index contributed by atoms with van der Waals surface area (Å²) in [7, 11) is 1.89. The lowest BCUT2D eigenvalue weighted by molar-refractivity contribution is 0.439. The monoisotopic (exact) mass is 452 g/mol. The van der Waals surface area contributed by atoms with Crippen LogP contribution in [0.5, 0.6) is 0 Å². The molecular weight excluding hydrogens is 427 g/mol. The molecule has 0 amide bonds. The first-order valence-corrected chi connectivity index (χ1v) is 8.38. The van der Waals surface area contributed by atoms with Crippen LogP contribution in [0.1, 0.15) is 24.7 Å². The average Bonchev–Trinajstić information content (AvgIpc) is 3.04. The molecule has 1 aromatic carbocycles. The second-order valence-electron chi connectivity index (χ2n) is 5.76. The molecule has 134 valence electrons. The molecule has 6 nitrogen and oxygen atoms in total. The smallest absolute Gasteiger partial charge is 0.194 e. The minimum atomic E-state index is 0. The van der Waals surface area contributed by atoms with E-state index in [9.17, 15) is 0 Å². The standard InChI is InChI=1S/C18H24N6.HI/c1-3-19-18(20-13-17-21-14-22-23(17)2)24-11-9-16(10-12-24)15-7-5-4-6-8-15;/h4-9,14H,3,10-13H2,1-2H3,(H,19,20);1H. The zero-order chi connectivity index (χ0) is 16.8. The maximum Gasteiger partial charge on any atom is 0.194 e. The fourth-order valence-electron chi connectivity index (χ4n) is 2.81. The Morgan fingerprint density at radius 3 is 2.68 bits per heavy atom. The van der Waals surface area contributed by atoms with Crippen LogP contribution in [0.4, 0.5) is 0 Å². The van der Waals surface area contributed by atoms with Crippen LogP contribution in [-0.4, -0.2) is 45.3 Å². The molecule has 0 radical (unpaired) electrons. The van der Waals surface area contributed by atoms with Gasteiger partial charge in [0, 0.05) is 26.7 Å². The van der Waals surface area contributed by atoms with Gasteiger partial charge in [0.1, 0.15) is 18.7 Å². The number of hydrogen-bond acceptors (Lipinski definition) is 3. The Kier molecular flexibility index (Phi) is 7.42.